The number of benzene rings is 4. The summed E-state index contributed by atoms with van der Waals surface area (Å²) >= 11 is 0. The van der Waals surface area contributed by atoms with Crippen LogP contribution in [0.1, 0.15) is 26.3 Å². The molecule has 0 fully saturated rings. The zero-order valence-corrected chi connectivity index (χ0v) is 24.0. The van der Waals surface area contributed by atoms with Crippen molar-refractivity contribution in [2.24, 2.45) is 7.05 Å². The summed E-state index contributed by atoms with van der Waals surface area (Å²) in [6.45, 7) is 6.62. The number of hydrogen-bond acceptors (Lipinski definition) is 3. The van der Waals surface area contributed by atoms with Gasteiger partial charge in [0.25, 0.3) is 0 Å². The van der Waals surface area contributed by atoms with E-state index >= 15 is 0 Å². The van der Waals surface area contributed by atoms with E-state index in [9.17, 15) is 0 Å². The van der Waals surface area contributed by atoms with E-state index in [1.165, 1.54) is 5.56 Å². The topological polar surface area (TPSA) is 39.9 Å². The van der Waals surface area contributed by atoms with Crippen LogP contribution in [0.25, 0.3) is 44.5 Å². The molecule has 0 radical (unpaired) electrons. The van der Waals surface area contributed by atoms with Gasteiger partial charge in [-0.05, 0) is 34.9 Å². The first-order valence-electron chi connectivity index (χ1n) is 12.4. The van der Waals surface area contributed by atoms with Crippen LogP contribution in [0.5, 0.6) is 11.5 Å². The van der Waals surface area contributed by atoms with Crippen LogP contribution in [0.2, 0.25) is 0 Å². The van der Waals surface area contributed by atoms with E-state index in [4.69, 9.17) is 9.72 Å². The molecule has 0 amide bonds. The maximum absolute atomic E-state index is 6.45. The zero-order valence-electron chi connectivity index (χ0n) is 21.7. The second-order valence-corrected chi connectivity index (χ2v) is 10.3. The maximum Gasteiger partial charge on any atom is 2.00 e. The standard InChI is InChI=1S/C33H27N3O.Pt/c1-33(2,3)25-16-17-34-29(21-25)24-18-22-10-5-6-13-27(22)31(20-24)37-26-12-9-11-23(19-26)32-35-28-14-7-8-15-30(28)36(32)4;/h5-18,21H,1-4H3;/q-2;+2. The van der Waals surface area contributed by atoms with E-state index in [-0.39, 0.29) is 26.5 Å². The minimum absolute atomic E-state index is 0. The Balaban J connectivity index is 0.00000294. The van der Waals surface area contributed by atoms with E-state index in [1.807, 2.05) is 61.8 Å². The summed E-state index contributed by atoms with van der Waals surface area (Å²) in [6, 6.07) is 35.5. The number of aromatic nitrogens is 3. The Kier molecular flexibility index (Phi) is 6.94. The third-order valence-electron chi connectivity index (χ3n) is 6.66. The van der Waals surface area contributed by atoms with Crippen LogP contribution in [0.4, 0.5) is 0 Å². The van der Waals surface area contributed by atoms with Crippen LogP contribution in [0.3, 0.4) is 0 Å². The predicted octanol–water partition coefficient (Wildman–Crippen LogP) is 8.14. The monoisotopic (exact) mass is 676 g/mol. The fourth-order valence-electron chi connectivity index (χ4n) is 4.61. The summed E-state index contributed by atoms with van der Waals surface area (Å²) in [4.78, 5) is 9.48. The average Bonchev–Trinajstić information content (AvgIpc) is 3.25. The summed E-state index contributed by atoms with van der Waals surface area (Å²) in [5.74, 6) is 2.10. The Labute approximate surface area is 237 Å². The van der Waals surface area contributed by atoms with Crippen molar-refractivity contribution in [2.45, 2.75) is 26.2 Å². The molecule has 0 unspecified atom stereocenters. The Hall–Kier alpha value is -3.75. The summed E-state index contributed by atoms with van der Waals surface area (Å²) in [5.41, 5.74) is 5.93. The number of aryl methyl sites for hydroxylation is 1. The molecule has 6 rings (SSSR count). The molecule has 2 aromatic heterocycles. The number of para-hydroxylation sites is 2. The second-order valence-electron chi connectivity index (χ2n) is 10.3. The van der Waals surface area contributed by atoms with Crippen LogP contribution >= 0.6 is 0 Å². The molecule has 0 aliphatic heterocycles. The van der Waals surface area contributed by atoms with Crippen LogP contribution < -0.4 is 4.74 Å². The van der Waals surface area contributed by atoms with Gasteiger partial charge in [-0.25, -0.2) is 0 Å². The van der Waals surface area contributed by atoms with Gasteiger partial charge < -0.3 is 14.3 Å². The molecule has 38 heavy (non-hydrogen) atoms. The van der Waals surface area contributed by atoms with Gasteiger partial charge in [0.1, 0.15) is 0 Å². The molecule has 0 bridgehead atoms. The first-order valence-corrected chi connectivity index (χ1v) is 12.4. The summed E-state index contributed by atoms with van der Waals surface area (Å²) in [6.07, 6.45) is 1.87. The fraction of sp³-hybridized carbons (Fsp3) is 0.152. The Morgan fingerprint density at radius 3 is 2.42 bits per heavy atom. The predicted molar refractivity (Wildman–Crippen MR) is 150 cm³/mol. The number of imidazole rings is 1. The van der Waals surface area contributed by atoms with E-state index in [1.54, 1.807) is 0 Å². The molecule has 4 aromatic carbocycles. The van der Waals surface area contributed by atoms with Crippen LogP contribution in [0, 0.1) is 12.1 Å². The first kappa shape index (κ1) is 25.9. The number of pyridine rings is 1. The first-order chi connectivity index (χ1) is 17.9. The van der Waals surface area contributed by atoms with Gasteiger partial charge in [0, 0.05) is 19.0 Å². The normalized spacial score (nSPS) is 11.5. The van der Waals surface area contributed by atoms with Crippen molar-refractivity contribution in [1.82, 2.24) is 14.5 Å². The van der Waals surface area contributed by atoms with Gasteiger partial charge in [-0.1, -0.05) is 86.1 Å². The number of nitrogens with zero attached hydrogens (tertiary/aromatic N) is 3. The fourth-order valence-corrected chi connectivity index (χ4v) is 4.61. The molecule has 0 saturated carbocycles. The van der Waals surface area contributed by atoms with Gasteiger partial charge in [0.05, 0.1) is 22.6 Å². The molecule has 2 heterocycles. The van der Waals surface area contributed by atoms with Crippen molar-refractivity contribution >= 4 is 21.8 Å². The molecular weight excluding hydrogens is 649 g/mol. The van der Waals surface area contributed by atoms with E-state index in [2.05, 4.69) is 78.9 Å². The number of hydrogen-bond donors (Lipinski definition) is 0. The molecule has 0 atom stereocenters. The Bertz CT molecular complexity index is 1760. The molecule has 6 aromatic rings. The Morgan fingerprint density at radius 1 is 0.816 bits per heavy atom. The van der Waals surface area contributed by atoms with Crippen molar-refractivity contribution in [3.63, 3.8) is 0 Å². The molecule has 0 aliphatic carbocycles. The van der Waals surface area contributed by atoms with Gasteiger partial charge in [-0.2, -0.15) is 0 Å². The SMILES string of the molecule is Cn1c(-c2[c-]c(Oc3[c-]c(-c4cc(C(C)(C)C)ccn4)cc4ccccc34)ccc2)nc2ccccc21.[Pt+2]. The smallest absolute Gasteiger partial charge is 0.496 e. The van der Waals surface area contributed by atoms with Gasteiger partial charge >= 0.3 is 21.1 Å². The van der Waals surface area contributed by atoms with Crippen molar-refractivity contribution < 1.29 is 25.8 Å². The average molecular weight is 677 g/mol. The molecule has 0 spiro atoms. The molecule has 5 heteroatoms. The molecule has 4 nitrogen and oxygen atoms in total. The summed E-state index contributed by atoms with van der Waals surface area (Å²) < 4.78 is 8.54. The van der Waals surface area contributed by atoms with Crippen LogP contribution in [-0.2, 0) is 33.5 Å². The second kappa shape index (κ2) is 10.2. The third-order valence-corrected chi connectivity index (χ3v) is 6.66. The summed E-state index contributed by atoms with van der Waals surface area (Å²) in [5, 5.41) is 2.06. The van der Waals surface area contributed by atoms with Crippen LogP contribution in [-0.4, -0.2) is 14.5 Å². The number of ether oxygens (including phenoxy) is 1. The van der Waals surface area contributed by atoms with Crippen molar-refractivity contribution in [2.75, 3.05) is 0 Å². The largest absolute Gasteiger partial charge is 2.00 e. The van der Waals surface area contributed by atoms with E-state index in [0.29, 0.717) is 11.5 Å². The molecular formula is C33H27N3OPt. The van der Waals surface area contributed by atoms with Gasteiger partial charge in [-0.15, -0.1) is 35.4 Å². The molecule has 0 saturated heterocycles. The third kappa shape index (κ3) is 4.89. The number of fused-ring (bicyclic) bond motifs is 2. The number of rotatable bonds is 4. The zero-order chi connectivity index (χ0) is 25.6. The van der Waals surface area contributed by atoms with E-state index in [0.717, 1.165) is 44.5 Å². The maximum atomic E-state index is 6.45. The summed E-state index contributed by atoms with van der Waals surface area (Å²) in [7, 11) is 2.02. The Morgan fingerprint density at radius 2 is 1.61 bits per heavy atom. The van der Waals surface area contributed by atoms with Crippen molar-refractivity contribution in [3.05, 3.63) is 109 Å². The van der Waals surface area contributed by atoms with Gasteiger partial charge in [0.2, 0.25) is 0 Å². The van der Waals surface area contributed by atoms with Crippen molar-refractivity contribution in [3.8, 4) is 34.1 Å². The molecule has 190 valence electrons. The van der Waals surface area contributed by atoms with Gasteiger partial charge in [-0.3, -0.25) is 4.98 Å². The van der Waals surface area contributed by atoms with Gasteiger partial charge in [0.15, 0.2) is 0 Å². The molecule has 0 N–H and O–H groups in total. The van der Waals surface area contributed by atoms with E-state index < -0.39 is 0 Å². The minimum atomic E-state index is 0. The minimum Gasteiger partial charge on any atom is -0.496 e. The van der Waals surface area contributed by atoms with Crippen LogP contribution in [0.15, 0.2) is 91.1 Å². The quantitative estimate of drug-likeness (QED) is 0.177. The van der Waals surface area contributed by atoms with Crippen molar-refractivity contribution in [1.29, 1.82) is 0 Å². The molecule has 0 aliphatic rings.